The highest BCUT2D eigenvalue weighted by Crippen LogP contribution is 2.46. The van der Waals surface area contributed by atoms with Gasteiger partial charge in [0.2, 0.25) is 0 Å². The minimum Gasteiger partial charge on any atom is -0.478 e. The Kier molecular flexibility index (Phi) is 8.20. The Balaban J connectivity index is 1.35. The molecular formula is C29H28F4N2O5. The van der Waals surface area contributed by atoms with Crippen LogP contribution in [0.2, 0.25) is 0 Å². The summed E-state index contributed by atoms with van der Waals surface area (Å²) in [5.74, 6) is -1.12. The molecule has 40 heavy (non-hydrogen) atoms. The zero-order valence-electron chi connectivity index (χ0n) is 21.5. The standard InChI is InChI=1S/C29H28F4N2O5/c30-23-15-19(28(36)37)10-11-24(23)34-13-12-20(14-17-4-3-5-17)38-16-22-26(35-40-27(22)18-8-9-18)21-6-1-2-7-25(21)39-29(31,32)33/h1-2,6-7,10-11,13,15,17-18,20H,3-5,8-9,12,14,16H2,(H,36,37). The SMILES string of the molecule is O=C(O)c1ccc(N=CCC(CC2CCC2)OCc2c(-c3ccccc3OC(F)(F)F)noc2C2CC2)c(F)c1. The maximum atomic E-state index is 14.3. The number of benzene rings is 2. The van der Waals surface area contributed by atoms with Crippen molar-refractivity contribution in [3.05, 3.63) is 65.2 Å². The number of carboxylic acid groups (broad SMARTS) is 1. The average molecular weight is 561 g/mol. The zero-order chi connectivity index (χ0) is 28.3. The lowest BCUT2D eigenvalue weighted by atomic mass is 9.81. The van der Waals surface area contributed by atoms with E-state index >= 15 is 0 Å². The molecule has 2 fully saturated rings. The highest BCUT2D eigenvalue weighted by Gasteiger charge is 2.36. The second-order valence-electron chi connectivity index (χ2n) is 10.2. The predicted molar refractivity (Wildman–Crippen MR) is 137 cm³/mol. The summed E-state index contributed by atoms with van der Waals surface area (Å²) in [6, 6.07) is 9.31. The van der Waals surface area contributed by atoms with E-state index in [-0.39, 0.29) is 46.9 Å². The molecule has 0 spiro atoms. The number of halogens is 4. The maximum absolute atomic E-state index is 14.3. The van der Waals surface area contributed by atoms with Gasteiger partial charge in [-0.3, -0.25) is 4.99 Å². The number of aromatic carboxylic acids is 1. The molecule has 1 aromatic heterocycles. The molecule has 1 N–H and O–H groups in total. The average Bonchev–Trinajstić information content (AvgIpc) is 3.63. The molecule has 7 nitrogen and oxygen atoms in total. The molecule has 0 amide bonds. The Bertz CT molecular complexity index is 1380. The zero-order valence-corrected chi connectivity index (χ0v) is 21.5. The second-order valence-corrected chi connectivity index (χ2v) is 10.2. The molecule has 2 aliphatic carbocycles. The molecule has 5 rings (SSSR count). The molecule has 1 heterocycles. The van der Waals surface area contributed by atoms with Gasteiger partial charge >= 0.3 is 12.3 Å². The van der Waals surface area contributed by atoms with Crippen molar-refractivity contribution >= 4 is 17.9 Å². The largest absolute Gasteiger partial charge is 0.573 e. The van der Waals surface area contributed by atoms with Gasteiger partial charge in [0.25, 0.3) is 0 Å². The van der Waals surface area contributed by atoms with Gasteiger partial charge < -0.3 is 19.1 Å². The van der Waals surface area contributed by atoms with E-state index in [1.807, 2.05) is 0 Å². The highest BCUT2D eigenvalue weighted by atomic mass is 19.4. The number of ether oxygens (including phenoxy) is 2. The van der Waals surface area contributed by atoms with Crippen molar-refractivity contribution < 1.29 is 41.5 Å². The van der Waals surface area contributed by atoms with Crippen LogP contribution in [-0.2, 0) is 11.3 Å². The fourth-order valence-electron chi connectivity index (χ4n) is 4.76. The first-order valence-electron chi connectivity index (χ1n) is 13.2. The molecule has 0 radical (unpaired) electrons. The fraction of sp³-hybridized carbons (Fsp3) is 0.414. The molecule has 3 aromatic rings. The number of para-hydroxylation sites is 1. The molecule has 2 aromatic carbocycles. The Morgan fingerprint density at radius 3 is 2.60 bits per heavy atom. The molecule has 0 saturated heterocycles. The first kappa shape index (κ1) is 27.8. The Morgan fingerprint density at radius 1 is 1.18 bits per heavy atom. The van der Waals surface area contributed by atoms with E-state index in [2.05, 4.69) is 14.9 Å². The van der Waals surface area contributed by atoms with Gasteiger partial charge in [0, 0.05) is 29.7 Å². The van der Waals surface area contributed by atoms with Crippen LogP contribution in [0.1, 0.15) is 72.5 Å². The lowest BCUT2D eigenvalue weighted by Gasteiger charge is -2.29. The lowest BCUT2D eigenvalue weighted by molar-refractivity contribution is -0.274. The van der Waals surface area contributed by atoms with Crippen molar-refractivity contribution in [2.24, 2.45) is 10.9 Å². The summed E-state index contributed by atoms with van der Waals surface area (Å²) in [4.78, 5) is 15.2. The maximum Gasteiger partial charge on any atom is 0.573 e. The Morgan fingerprint density at radius 2 is 1.95 bits per heavy atom. The van der Waals surface area contributed by atoms with Gasteiger partial charge in [-0.15, -0.1) is 13.2 Å². The quantitative estimate of drug-likeness (QED) is 0.179. The minimum atomic E-state index is -4.86. The highest BCUT2D eigenvalue weighted by molar-refractivity contribution is 5.88. The topological polar surface area (TPSA) is 94.2 Å². The summed E-state index contributed by atoms with van der Waals surface area (Å²) < 4.78 is 69.7. The van der Waals surface area contributed by atoms with E-state index in [9.17, 15) is 22.4 Å². The third-order valence-corrected chi connectivity index (χ3v) is 7.21. The number of aromatic nitrogens is 1. The predicted octanol–water partition coefficient (Wildman–Crippen LogP) is 7.82. The van der Waals surface area contributed by atoms with Crippen LogP contribution in [0, 0.1) is 11.7 Å². The first-order chi connectivity index (χ1) is 19.2. The van der Waals surface area contributed by atoms with Crippen LogP contribution in [0.25, 0.3) is 11.3 Å². The molecule has 11 heteroatoms. The number of aliphatic imine (C=N–C) groups is 1. The summed E-state index contributed by atoms with van der Waals surface area (Å²) in [7, 11) is 0. The van der Waals surface area contributed by atoms with Crippen molar-refractivity contribution in [2.45, 2.75) is 69.9 Å². The van der Waals surface area contributed by atoms with Crippen LogP contribution < -0.4 is 4.74 Å². The van der Waals surface area contributed by atoms with Crippen molar-refractivity contribution in [2.75, 3.05) is 0 Å². The summed E-state index contributed by atoms with van der Waals surface area (Å²) >= 11 is 0. The van der Waals surface area contributed by atoms with Gasteiger partial charge in [-0.25, -0.2) is 9.18 Å². The van der Waals surface area contributed by atoms with Crippen LogP contribution in [0.3, 0.4) is 0 Å². The summed E-state index contributed by atoms with van der Waals surface area (Å²) in [6.07, 6.45) is 2.60. The molecule has 2 aliphatic rings. The van der Waals surface area contributed by atoms with Crippen molar-refractivity contribution in [1.82, 2.24) is 5.16 Å². The number of carbonyl (C=O) groups is 1. The van der Waals surface area contributed by atoms with E-state index in [0.717, 1.165) is 44.6 Å². The first-order valence-corrected chi connectivity index (χ1v) is 13.2. The number of carboxylic acids is 1. The van der Waals surface area contributed by atoms with Crippen molar-refractivity contribution in [3.63, 3.8) is 0 Å². The van der Waals surface area contributed by atoms with Gasteiger partial charge in [-0.1, -0.05) is 36.6 Å². The number of hydrogen-bond donors (Lipinski definition) is 1. The van der Waals surface area contributed by atoms with Crippen LogP contribution >= 0.6 is 0 Å². The molecule has 0 aliphatic heterocycles. The second kappa shape index (κ2) is 11.8. The van der Waals surface area contributed by atoms with Gasteiger partial charge in [0.15, 0.2) is 0 Å². The lowest BCUT2D eigenvalue weighted by Crippen LogP contribution is -2.22. The van der Waals surface area contributed by atoms with Crippen molar-refractivity contribution in [1.29, 1.82) is 0 Å². The summed E-state index contributed by atoms with van der Waals surface area (Å²) in [5.41, 5.74) is 0.850. The van der Waals surface area contributed by atoms with Crippen LogP contribution in [0.15, 0.2) is 52.0 Å². The third-order valence-electron chi connectivity index (χ3n) is 7.21. The molecule has 1 unspecified atom stereocenters. The summed E-state index contributed by atoms with van der Waals surface area (Å²) in [6.45, 7) is 0.0674. The van der Waals surface area contributed by atoms with E-state index in [1.165, 1.54) is 30.3 Å². The molecular weight excluding hydrogens is 532 g/mol. The van der Waals surface area contributed by atoms with Crippen LogP contribution in [0.4, 0.5) is 23.2 Å². The van der Waals surface area contributed by atoms with Crippen molar-refractivity contribution in [3.8, 4) is 17.0 Å². The molecule has 212 valence electrons. The third kappa shape index (κ3) is 6.88. The van der Waals surface area contributed by atoms with Gasteiger partial charge in [-0.2, -0.15) is 0 Å². The van der Waals surface area contributed by atoms with Crippen LogP contribution in [0.5, 0.6) is 5.75 Å². The minimum absolute atomic E-state index is 0.0195. The smallest absolute Gasteiger partial charge is 0.478 e. The monoisotopic (exact) mass is 560 g/mol. The molecule has 0 bridgehead atoms. The summed E-state index contributed by atoms with van der Waals surface area (Å²) in [5, 5.41) is 13.1. The van der Waals surface area contributed by atoms with Gasteiger partial charge in [-0.05, 0) is 55.5 Å². The Labute approximate surface area is 227 Å². The number of rotatable bonds is 12. The van der Waals surface area contributed by atoms with E-state index in [1.54, 1.807) is 12.3 Å². The fourth-order valence-corrected chi connectivity index (χ4v) is 4.76. The number of hydrogen-bond acceptors (Lipinski definition) is 6. The molecule has 2 saturated carbocycles. The van der Waals surface area contributed by atoms with E-state index in [4.69, 9.17) is 14.4 Å². The van der Waals surface area contributed by atoms with Crippen LogP contribution in [-0.4, -0.2) is 34.9 Å². The number of nitrogens with zero attached hydrogens (tertiary/aromatic N) is 2. The van der Waals surface area contributed by atoms with Gasteiger partial charge in [0.05, 0.1) is 24.0 Å². The number of alkyl halides is 3. The van der Waals surface area contributed by atoms with E-state index in [0.29, 0.717) is 23.7 Å². The molecule has 1 atom stereocenters. The van der Waals surface area contributed by atoms with E-state index < -0.39 is 18.1 Å². The van der Waals surface area contributed by atoms with Gasteiger partial charge in [0.1, 0.15) is 23.0 Å². The Hall–Kier alpha value is -3.73. The normalized spacial score (nSPS) is 16.7.